The van der Waals surface area contributed by atoms with Crippen LogP contribution in [0.2, 0.25) is 0 Å². The van der Waals surface area contributed by atoms with Crippen molar-refractivity contribution in [3.05, 3.63) is 36.0 Å². The molecule has 1 heterocycles. The quantitative estimate of drug-likeness (QED) is 0.864. The maximum Gasteiger partial charge on any atom is 0.180 e. The molecule has 3 nitrogen and oxygen atoms in total. The number of thiazole rings is 1. The molecule has 0 radical (unpaired) electrons. The zero-order valence-electron chi connectivity index (χ0n) is 8.43. The van der Waals surface area contributed by atoms with Gasteiger partial charge in [0.1, 0.15) is 0 Å². The van der Waals surface area contributed by atoms with Crippen molar-refractivity contribution in [1.29, 1.82) is 0 Å². The Bertz CT molecular complexity index is 436. The van der Waals surface area contributed by atoms with E-state index in [1.54, 1.807) is 13.3 Å². The van der Waals surface area contributed by atoms with E-state index in [-0.39, 0.29) is 0 Å². The molecule has 0 saturated carbocycles. The van der Waals surface area contributed by atoms with Gasteiger partial charge in [0.2, 0.25) is 0 Å². The Hall–Kier alpha value is -1.39. The molecule has 0 aliphatic rings. The summed E-state index contributed by atoms with van der Waals surface area (Å²) in [6.07, 6.45) is 1.80. The molecular weight excluding hydrogens is 208 g/mol. The number of hydrogen-bond donors (Lipinski definition) is 1. The Balaban J connectivity index is 2.23. The molecule has 1 aromatic carbocycles. The summed E-state index contributed by atoms with van der Waals surface area (Å²) >= 11 is 1.50. The van der Waals surface area contributed by atoms with Crippen molar-refractivity contribution in [1.82, 2.24) is 4.98 Å². The topological polar surface area (TPSA) is 48.1 Å². The lowest BCUT2D eigenvalue weighted by molar-refractivity contribution is 0.185. The van der Waals surface area contributed by atoms with Gasteiger partial charge in [0.15, 0.2) is 5.13 Å². The third kappa shape index (κ3) is 2.34. The minimum atomic E-state index is 0.603. The molecule has 0 saturated heterocycles. The Morgan fingerprint density at radius 3 is 2.60 bits per heavy atom. The van der Waals surface area contributed by atoms with Gasteiger partial charge in [-0.05, 0) is 11.1 Å². The molecule has 0 unspecified atom stereocenters. The molecule has 2 N–H and O–H groups in total. The van der Waals surface area contributed by atoms with E-state index in [4.69, 9.17) is 10.5 Å². The summed E-state index contributed by atoms with van der Waals surface area (Å²) in [5.41, 5.74) is 7.89. The number of aromatic nitrogens is 1. The van der Waals surface area contributed by atoms with Crippen molar-refractivity contribution in [2.45, 2.75) is 6.61 Å². The highest BCUT2D eigenvalue weighted by molar-refractivity contribution is 7.18. The zero-order valence-corrected chi connectivity index (χ0v) is 9.25. The van der Waals surface area contributed by atoms with E-state index in [2.05, 4.69) is 29.2 Å². The first-order valence-corrected chi connectivity index (χ1v) is 5.41. The van der Waals surface area contributed by atoms with E-state index in [0.717, 1.165) is 10.4 Å². The van der Waals surface area contributed by atoms with E-state index in [9.17, 15) is 0 Å². The van der Waals surface area contributed by atoms with Crippen LogP contribution in [0.5, 0.6) is 0 Å². The lowest BCUT2D eigenvalue weighted by Gasteiger charge is -2.00. The normalized spacial score (nSPS) is 10.5. The summed E-state index contributed by atoms with van der Waals surface area (Å²) < 4.78 is 5.05. The fraction of sp³-hybridized carbons (Fsp3) is 0.182. The van der Waals surface area contributed by atoms with Gasteiger partial charge in [-0.3, -0.25) is 0 Å². The van der Waals surface area contributed by atoms with Crippen LogP contribution in [0.4, 0.5) is 5.13 Å². The number of anilines is 1. The van der Waals surface area contributed by atoms with Crippen LogP contribution in [-0.2, 0) is 11.3 Å². The van der Waals surface area contributed by atoms with Gasteiger partial charge in [-0.1, -0.05) is 35.6 Å². The molecule has 0 aliphatic heterocycles. The van der Waals surface area contributed by atoms with Gasteiger partial charge in [0.25, 0.3) is 0 Å². The first-order chi connectivity index (χ1) is 7.29. The summed E-state index contributed by atoms with van der Waals surface area (Å²) in [5, 5.41) is 0.603. The van der Waals surface area contributed by atoms with Crippen LogP contribution < -0.4 is 5.73 Å². The number of ether oxygens (including phenoxy) is 1. The number of benzene rings is 1. The number of nitrogens with zero attached hydrogens (tertiary/aromatic N) is 1. The number of methoxy groups -OCH3 is 1. The van der Waals surface area contributed by atoms with Gasteiger partial charge in [-0.15, -0.1) is 0 Å². The predicted octanol–water partition coefficient (Wildman–Crippen LogP) is 2.54. The van der Waals surface area contributed by atoms with Gasteiger partial charge in [-0.25, -0.2) is 4.98 Å². The van der Waals surface area contributed by atoms with E-state index in [1.165, 1.54) is 16.9 Å². The number of hydrogen-bond acceptors (Lipinski definition) is 4. The summed E-state index contributed by atoms with van der Waals surface area (Å²) in [4.78, 5) is 5.12. The molecule has 0 fully saturated rings. The van der Waals surface area contributed by atoms with Crippen molar-refractivity contribution < 1.29 is 4.74 Å². The highest BCUT2D eigenvalue weighted by Crippen LogP contribution is 2.27. The maximum absolute atomic E-state index is 5.58. The van der Waals surface area contributed by atoms with Gasteiger partial charge in [0, 0.05) is 13.3 Å². The van der Waals surface area contributed by atoms with Gasteiger partial charge in [0.05, 0.1) is 11.5 Å². The summed E-state index contributed by atoms with van der Waals surface area (Å²) in [5.74, 6) is 0. The number of nitrogen functional groups attached to an aromatic ring is 1. The Kier molecular flexibility index (Phi) is 2.99. The fourth-order valence-electron chi connectivity index (χ4n) is 1.35. The van der Waals surface area contributed by atoms with Crippen LogP contribution in [0.15, 0.2) is 30.5 Å². The third-order valence-electron chi connectivity index (χ3n) is 2.07. The minimum absolute atomic E-state index is 0.603. The predicted molar refractivity (Wildman–Crippen MR) is 62.7 cm³/mol. The second-order valence-electron chi connectivity index (χ2n) is 3.19. The fourth-order valence-corrected chi connectivity index (χ4v) is 2.04. The summed E-state index contributed by atoms with van der Waals surface area (Å²) in [6.45, 7) is 0.644. The second kappa shape index (κ2) is 4.42. The summed E-state index contributed by atoms with van der Waals surface area (Å²) in [6, 6.07) is 8.21. The van der Waals surface area contributed by atoms with Crippen molar-refractivity contribution in [3.8, 4) is 10.4 Å². The van der Waals surface area contributed by atoms with Crippen molar-refractivity contribution in [2.24, 2.45) is 0 Å². The van der Waals surface area contributed by atoms with Crippen LogP contribution in [0.3, 0.4) is 0 Å². The van der Waals surface area contributed by atoms with Crippen molar-refractivity contribution >= 4 is 16.5 Å². The van der Waals surface area contributed by atoms with Crippen molar-refractivity contribution in [2.75, 3.05) is 12.8 Å². The number of nitrogens with two attached hydrogens (primary N) is 1. The van der Waals surface area contributed by atoms with Gasteiger partial charge < -0.3 is 10.5 Å². The highest BCUT2D eigenvalue weighted by Gasteiger charge is 2.01. The molecule has 1 aromatic heterocycles. The van der Waals surface area contributed by atoms with Crippen LogP contribution >= 0.6 is 11.3 Å². The number of rotatable bonds is 3. The van der Waals surface area contributed by atoms with Crippen LogP contribution in [0.25, 0.3) is 10.4 Å². The first-order valence-electron chi connectivity index (χ1n) is 4.59. The summed E-state index contributed by atoms with van der Waals surface area (Å²) in [7, 11) is 1.69. The average molecular weight is 220 g/mol. The van der Waals surface area contributed by atoms with E-state index in [0.29, 0.717) is 11.7 Å². The Morgan fingerprint density at radius 2 is 2.07 bits per heavy atom. The standard InChI is InChI=1S/C11H12N2OS/c1-14-7-8-2-4-9(5-3-8)10-6-13-11(12)15-10/h2-6H,7H2,1H3,(H2,12,13). The zero-order chi connectivity index (χ0) is 10.7. The Labute approximate surface area is 92.5 Å². The lowest BCUT2D eigenvalue weighted by Crippen LogP contribution is -1.86. The molecule has 15 heavy (non-hydrogen) atoms. The van der Waals surface area contributed by atoms with Gasteiger partial charge >= 0.3 is 0 Å². The average Bonchev–Trinajstić information content (AvgIpc) is 2.67. The smallest absolute Gasteiger partial charge is 0.180 e. The van der Waals surface area contributed by atoms with E-state index < -0.39 is 0 Å². The molecule has 0 spiro atoms. The molecule has 2 rings (SSSR count). The molecule has 4 heteroatoms. The second-order valence-corrected chi connectivity index (χ2v) is 4.25. The first kappa shape index (κ1) is 10.1. The Morgan fingerprint density at radius 1 is 1.33 bits per heavy atom. The molecular formula is C11H12N2OS. The molecule has 0 aliphatic carbocycles. The SMILES string of the molecule is COCc1ccc(-c2cnc(N)s2)cc1. The van der Waals surface area contributed by atoms with E-state index in [1.807, 2.05) is 0 Å². The van der Waals surface area contributed by atoms with Crippen molar-refractivity contribution in [3.63, 3.8) is 0 Å². The lowest BCUT2D eigenvalue weighted by atomic mass is 10.1. The molecule has 78 valence electrons. The van der Waals surface area contributed by atoms with Crippen LogP contribution in [0.1, 0.15) is 5.56 Å². The van der Waals surface area contributed by atoms with E-state index >= 15 is 0 Å². The van der Waals surface area contributed by atoms with Crippen LogP contribution in [0, 0.1) is 0 Å². The monoisotopic (exact) mass is 220 g/mol. The highest BCUT2D eigenvalue weighted by atomic mass is 32.1. The van der Waals surface area contributed by atoms with Crippen LogP contribution in [-0.4, -0.2) is 12.1 Å². The third-order valence-corrected chi connectivity index (χ3v) is 2.95. The maximum atomic E-state index is 5.58. The molecule has 0 amide bonds. The molecule has 0 atom stereocenters. The van der Waals surface area contributed by atoms with Gasteiger partial charge in [-0.2, -0.15) is 0 Å². The molecule has 2 aromatic rings. The minimum Gasteiger partial charge on any atom is -0.380 e. The molecule has 0 bridgehead atoms. The largest absolute Gasteiger partial charge is 0.380 e.